The van der Waals surface area contributed by atoms with E-state index in [9.17, 15) is 0 Å². The first kappa shape index (κ1) is 14.3. The molecule has 0 N–H and O–H groups in total. The molecule has 0 aromatic carbocycles. The van der Waals surface area contributed by atoms with Crippen molar-refractivity contribution in [2.75, 3.05) is 11.6 Å². The number of hydrogen-bond donors (Lipinski definition) is 0. The Kier molecular flexibility index (Phi) is 3.53. The summed E-state index contributed by atoms with van der Waals surface area (Å²) in [5.74, 6) is 0.822. The fourth-order valence-corrected chi connectivity index (χ4v) is 3.08. The van der Waals surface area contributed by atoms with Crippen LogP contribution in [0.25, 0.3) is 22.2 Å². The van der Waals surface area contributed by atoms with Gasteiger partial charge in [-0.25, -0.2) is 15.0 Å². The summed E-state index contributed by atoms with van der Waals surface area (Å²) in [6, 6.07) is 8.08. The van der Waals surface area contributed by atoms with Gasteiger partial charge in [0.2, 0.25) is 0 Å². The second-order valence-corrected chi connectivity index (χ2v) is 6.42. The number of hydrogen-bond acceptors (Lipinski definition) is 5. The predicted octanol–water partition coefficient (Wildman–Crippen LogP) is 4.04. The van der Waals surface area contributed by atoms with Crippen LogP contribution < -0.4 is 5.01 Å². The molecule has 1 aliphatic rings. The third kappa shape index (κ3) is 2.70. The molecule has 0 aliphatic carbocycles. The quantitative estimate of drug-likeness (QED) is 0.685. The summed E-state index contributed by atoms with van der Waals surface area (Å²) in [6.07, 6.45) is 6.37. The zero-order chi connectivity index (χ0) is 15.8. The number of aromatic nitrogens is 3. The normalized spacial score (nSPS) is 14.3. The maximum atomic E-state index is 4.68. The second-order valence-electron chi connectivity index (χ2n) is 5.50. The van der Waals surface area contributed by atoms with Gasteiger partial charge in [0.05, 0.1) is 0 Å². The van der Waals surface area contributed by atoms with Gasteiger partial charge in [0.15, 0.2) is 11.5 Å². The van der Waals surface area contributed by atoms with Gasteiger partial charge in [0, 0.05) is 52.7 Å². The summed E-state index contributed by atoms with van der Waals surface area (Å²) in [7, 11) is 0. The molecule has 0 spiro atoms. The van der Waals surface area contributed by atoms with Crippen LogP contribution in [0, 0.1) is 0 Å². The average molecular weight is 368 g/mol. The minimum absolute atomic E-state index is 0.722. The van der Waals surface area contributed by atoms with E-state index in [2.05, 4.69) is 48.1 Å². The molecule has 0 fully saturated rings. The van der Waals surface area contributed by atoms with Crippen LogP contribution in [0.4, 0.5) is 5.82 Å². The molecule has 0 radical (unpaired) electrons. The van der Waals surface area contributed by atoms with E-state index in [0.717, 1.165) is 51.1 Å². The molecule has 0 unspecified atom stereocenters. The fraction of sp³-hybridized carbons (Fsp3) is 0.176. The lowest BCUT2D eigenvalue weighted by atomic mass is 10.0. The molecule has 6 heteroatoms. The van der Waals surface area contributed by atoms with E-state index in [4.69, 9.17) is 0 Å². The Hall–Kier alpha value is -2.34. The molecule has 1 aliphatic heterocycles. The Balaban J connectivity index is 1.94. The summed E-state index contributed by atoms with van der Waals surface area (Å²) >= 11 is 3.49. The highest BCUT2D eigenvalue weighted by Crippen LogP contribution is 2.32. The van der Waals surface area contributed by atoms with Crippen LogP contribution in [0.1, 0.15) is 13.3 Å². The number of rotatable bonds is 2. The zero-order valence-corrected chi connectivity index (χ0v) is 14.2. The van der Waals surface area contributed by atoms with E-state index in [0.29, 0.717) is 0 Å². The van der Waals surface area contributed by atoms with E-state index >= 15 is 0 Å². The van der Waals surface area contributed by atoms with Crippen molar-refractivity contribution in [3.8, 4) is 11.1 Å². The maximum Gasteiger partial charge on any atom is 0.162 e. The highest BCUT2D eigenvalue weighted by atomic mass is 79.9. The van der Waals surface area contributed by atoms with Gasteiger partial charge in [-0.3, -0.25) is 4.98 Å². The van der Waals surface area contributed by atoms with Crippen molar-refractivity contribution in [1.82, 2.24) is 15.0 Å². The maximum absolute atomic E-state index is 4.68. The van der Waals surface area contributed by atoms with Gasteiger partial charge in [-0.1, -0.05) is 0 Å². The lowest BCUT2D eigenvalue weighted by Gasteiger charge is -2.15. The number of fused-ring (bicyclic) bond motifs is 1. The van der Waals surface area contributed by atoms with Crippen molar-refractivity contribution in [3.05, 3.63) is 47.3 Å². The Morgan fingerprint density at radius 1 is 1.22 bits per heavy atom. The molecule has 0 amide bonds. The summed E-state index contributed by atoms with van der Waals surface area (Å²) in [5.41, 5.74) is 3.94. The third-order valence-corrected chi connectivity index (χ3v) is 4.26. The molecule has 3 aromatic heterocycles. The first-order valence-corrected chi connectivity index (χ1v) is 8.18. The Morgan fingerprint density at radius 3 is 2.91 bits per heavy atom. The van der Waals surface area contributed by atoms with Gasteiger partial charge >= 0.3 is 0 Å². The Labute approximate surface area is 142 Å². The molecular weight excluding hydrogens is 354 g/mol. The van der Waals surface area contributed by atoms with Gasteiger partial charge in [0.25, 0.3) is 0 Å². The minimum Gasteiger partial charge on any atom is -0.263 e. The summed E-state index contributed by atoms with van der Waals surface area (Å²) in [5, 5.41) is 7.51. The van der Waals surface area contributed by atoms with Crippen LogP contribution in [-0.4, -0.2) is 27.2 Å². The highest BCUT2D eigenvalue weighted by molar-refractivity contribution is 9.10. The van der Waals surface area contributed by atoms with Crippen LogP contribution >= 0.6 is 15.9 Å². The largest absolute Gasteiger partial charge is 0.263 e. The Bertz CT molecular complexity index is 922. The van der Waals surface area contributed by atoms with Crippen LogP contribution in [0.2, 0.25) is 0 Å². The predicted molar refractivity (Wildman–Crippen MR) is 95.5 cm³/mol. The first-order chi connectivity index (χ1) is 11.2. The van der Waals surface area contributed by atoms with E-state index in [1.807, 2.05) is 30.3 Å². The summed E-state index contributed by atoms with van der Waals surface area (Å²) in [6.45, 7) is 2.89. The van der Waals surface area contributed by atoms with Crippen molar-refractivity contribution in [1.29, 1.82) is 0 Å². The van der Waals surface area contributed by atoms with Crippen LogP contribution in [-0.2, 0) is 0 Å². The number of nitrogens with zero attached hydrogens (tertiary/aromatic N) is 5. The molecule has 4 rings (SSSR count). The number of halogens is 1. The third-order valence-electron chi connectivity index (χ3n) is 3.83. The number of hydrazone groups is 1. The summed E-state index contributed by atoms with van der Waals surface area (Å²) in [4.78, 5) is 13.4. The molecule has 0 saturated heterocycles. The zero-order valence-electron chi connectivity index (χ0n) is 12.6. The van der Waals surface area contributed by atoms with Gasteiger partial charge in [-0.2, -0.15) is 5.10 Å². The van der Waals surface area contributed by atoms with Gasteiger partial charge in [-0.15, -0.1) is 0 Å². The molecule has 114 valence electrons. The molecule has 23 heavy (non-hydrogen) atoms. The lowest BCUT2D eigenvalue weighted by Crippen LogP contribution is -2.13. The molecular formula is C17H14BrN5. The standard InChI is InChI=1S/C17H14BrN5/c1-11-4-6-23(22-11)16-8-15(12-7-13(18)10-19-9-12)14-3-2-5-20-17(14)21-16/h2-3,5,7-10H,4,6H2,1H3. The number of pyridine rings is 3. The van der Waals surface area contributed by atoms with E-state index in [1.165, 1.54) is 0 Å². The molecule has 5 nitrogen and oxygen atoms in total. The van der Waals surface area contributed by atoms with Crippen molar-refractivity contribution in [2.45, 2.75) is 13.3 Å². The van der Waals surface area contributed by atoms with Crippen LogP contribution in [0.3, 0.4) is 0 Å². The molecule has 0 bridgehead atoms. The molecule has 4 heterocycles. The fourth-order valence-electron chi connectivity index (χ4n) is 2.71. The molecule has 0 atom stereocenters. The summed E-state index contributed by atoms with van der Waals surface area (Å²) < 4.78 is 0.945. The van der Waals surface area contributed by atoms with Crippen LogP contribution in [0.15, 0.2) is 52.4 Å². The van der Waals surface area contributed by atoms with Gasteiger partial charge in [0.1, 0.15) is 0 Å². The smallest absolute Gasteiger partial charge is 0.162 e. The lowest BCUT2D eigenvalue weighted by molar-refractivity contribution is 0.899. The highest BCUT2D eigenvalue weighted by Gasteiger charge is 2.17. The van der Waals surface area contributed by atoms with E-state index < -0.39 is 0 Å². The van der Waals surface area contributed by atoms with Gasteiger partial charge in [-0.05, 0) is 52.7 Å². The SMILES string of the molecule is CC1=NN(c2cc(-c3cncc(Br)c3)c3cccnc3n2)CC1. The second kappa shape index (κ2) is 5.70. The molecule has 0 saturated carbocycles. The minimum atomic E-state index is 0.722. The van der Waals surface area contributed by atoms with Crippen molar-refractivity contribution in [2.24, 2.45) is 5.10 Å². The van der Waals surface area contributed by atoms with Crippen LogP contribution in [0.5, 0.6) is 0 Å². The monoisotopic (exact) mass is 367 g/mol. The van der Waals surface area contributed by atoms with E-state index in [-0.39, 0.29) is 0 Å². The van der Waals surface area contributed by atoms with Gasteiger partial charge < -0.3 is 0 Å². The average Bonchev–Trinajstić information content (AvgIpc) is 3.00. The van der Waals surface area contributed by atoms with E-state index in [1.54, 1.807) is 12.4 Å². The Morgan fingerprint density at radius 2 is 2.13 bits per heavy atom. The number of anilines is 1. The first-order valence-electron chi connectivity index (χ1n) is 7.39. The molecule has 3 aromatic rings. The van der Waals surface area contributed by atoms with Crippen molar-refractivity contribution >= 4 is 38.5 Å². The van der Waals surface area contributed by atoms with Crippen molar-refractivity contribution < 1.29 is 0 Å². The van der Waals surface area contributed by atoms with Crippen molar-refractivity contribution in [3.63, 3.8) is 0 Å². The topological polar surface area (TPSA) is 54.3 Å².